The van der Waals surface area contributed by atoms with Crippen LogP contribution in [-0.4, -0.2) is 24.8 Å². The molecule has 3 aromatic rings. The van der Waals surface area contributed by atoms with E-state index in [2.05, 4.69) is 10.6 Å². The van der Waals surface area contributed by atoms with Crippen molar-refractivity contribution in [1.29, 1.82) is 0 Å². The number of hydrogen-bond acceptors (Lipinski definition) is 7. The van der Waals surface area contributed by atoms with E-state index in [9.17, 15) is 18.3 Å². The van der Waals surface area contributed by atoms with Crippen LogP contribution in [0.1, 0.15) is 12.5 Å². The van der Waals surface area contributed by atoms with Gasteiger partial charge >= 0.3 is 0 Å². The summed E-state index contributed by atoms with van der Waals surface area (Å²) in [6.07, 6.45) is 0. The number of primary sulfonamides is 1. The molecule has 1 atom stereocenters. The number of anilines is 1. The Hall–Kier alpha value is -2.89. The second kappa shape index (κ2) is 8.23. The Morgan fingerprint density at radius 3 is 2.41 bits per heavy atom. The zero-order valence-corrected chi connectivity index (χ0v) is 17.2. The highest BCUT2D eigenvalue weighted by atomic mass is 32.2. The molecule has 0 bridgehead atoms. The molecule has 3 N–H and O–H groups in total. The first kappa shape index (κ1) is 20.8. The molecule has 1 amide bonds. The van der Waals surface area contributed by atoms with E-state index in [-0.39, 0.29) is 15.8 Å². The molecule has 11 heteroatoms. The largest absolute Gasteiger partial charge is 0.538 e. The summed E-state index contributed by atoms with van der Waals surface area (Å²) in [5.41, 5.74) is 2.08. The van der Waals surface area contributed by atoms with Crippen LogP contribution in [0.4, 0.5) is 5.69 Å². The Labute approximate surface area is 171 Å². The lowest BCUT2D eigenvalue weighted by Gasteiger charge is -2.10. The van der Waals surface area contributed by atoms with E-state index in [1.165, 1.54) is 28.9 Å². The number of aromatic nitrogens is 2. The monoisotopic (exact) mass is 434 g/mol. The summed E-state index contributed by atoms with van der Waals surface area (Å²) in [4.78, 5) is 12.4. The lowest BCUT2D eigenvalue weighted by Crippen LogP contribution is -2.36. The summed E-state index contributed by atoms with van der Waals surface area (Å²) < 4.78 is 28.7. The normalized spacial score (nSPS) is 12.5. The van der Waals surface area contributed by atoms with Crippen LogP contribution in [0, 0.1) is 6.92 Å². The maximum Gasteiger partial charge on any atom is 0.298 e. The van der Waals surface area contributed by atoms with Crippen LogP contribution in [0.25, 0.3) is 5.69 Å². The fraction of sp³-hybridized carbons (Fsp3) is 0.167. The van der Waals surface area contributed by atoms with Crippen LogP contribution < -0.4 is 20.2 Å². The molecule has 1 aromatic heterocycles. The van der Waals surface area contributed by atoms with Crippen molar-refractivity contribution in [2.45, 2.75) is 29.0 Å². The molecule has 1 heterocycles. The minimum atomic E-state index is -3.81. The second-order valence-corrected chi connectivity index (χ2v) is 9.12. The van der Waals surface area contributed by atoms with Gasteiger partial charge in [0.1, 0.15) is 0 Å². The Morgan fingerprint density at radius 1 is 1.21 bits per heavy atom. The highest BCUT2D eigenvalue weighted by molar-refractivity contribution is 8.00. The fourth-order valence-electron chi connectivity index (χ4n) is 2.38. The number of benzene rings is 2. The van der Waals surface area contributed by atoms with Crippen LogP contribution >= 0.6 is 11.8 Å². The summed E-state index contributed by atoms with van der Waals surface area (Å²) in [5.74, 6) is -1.03. The van der Waals surface area contributed by atoms with E-state index in [0.717, 1.165) is 17.3 Å². The van der Waals surface area contributed by atoms with E-state index in [1.54, 1.807) is 19.1 Å². The summed E-state index contributed by atoms with van der Waals surface area (Å²) in [6, 6.07) is 12.8. The average Bonchev–Trinajstić information content (AvgIpc) is 3.02. The number of hydrogen-bond donors (Lipinski definition) is 2. The van der Waals surface area contributed by atoms with Crippen molar-refractivity contribution in [3.05, 3.63) is 54.1 Å². The highest BCUT2D eigenvalue weighted by Gasteiger charge is 2.26. The van der Waals surface area contributed by atoms with Crippen molar-refractivity contribution in [2.75, 3.05) is 5.32 Å². The van der Waals surface area contributed by atoms with Gasteiger partial charge in [-0.1, -0.05) is 17.7 Å². The molecule has 0 aliphatic heterocycles. The number of nitrogens with zero attached hydrogens (tertiary/aromatic N) is 2. The van der Waals surface area contributed by atoms with Crippen LogP contribution in [0.3, 0.4) is 0 Å². The SMILES string of the molecule is Cc1ccc(-[n+]2noc([O-])c2SC(C)C(=O)Nc2ccc(S(N)(=O)=O)cc2)cc1. The molecule has 0 aliphatic carbocycles. The van der Waals surface area contributed by atoms with Crippen molar-refractivity contribution in [3.8, 4) is 11.6 Å². The number of carbonyl (C=O) groups excluding carboxylic acids is 1. The van der Waals surface area contributed by atoms with Crippen molar-refractivity contribution in [1.82, 2.24) is 5.27 Å². The molecule has 0 aliphatic rings. The topological polar surface area (TPSA) is 142 Å². The molecule has 2 aromatic carbocycles. The van der Waals surface area contributed by atoms with E-state index in [0.29, 0.717) is 11.4 Å². The summed E-state index contributed by atoms with van der Waals surface area (Å²) in [6.45, 7) is 3.57. The van der Waals surface area contributed by atoms with Crippen molar-refractivity contribution < 1.29 is 27.5 Å². The molecule has 29 heavy (non-hydrogen) atoms. The van der Waals surface area contributed by atoms with Crippen LogP contribution in [0.15, 0.2) is 63.0 Å². The predicted molar refractivity (Wildman–Crippen MR) is 104 cm³/mol. The molecule has 0 spiro atoms. The van der Waals surface area contributed by atoms with Crippen LogP contribution in [0.2, 0.25) is 0 Å². The van der Waals surface area contributed by atoms with Gasteiger partial charge in [0, 0.05) is 17.8 Å². The van der Waals surface area contributed by atoms with Crippen molar-refractivity contribution in [3.63, 3.8) is 0 Å². The molecular formula is C18H18N4O5S2. The molecule has 3 rings (SSSR count). The Kier molecular flexibility index (Phi) is 5.91. The summed E-state index contributed by atoms with van der Waals surface area (Å²) in [7, 11) is -3.81. The number of amides is 1. The highest BCUT2D eigenvalue weighted by Crippen LogP contribution is 2.28. The number of thioether (sulfide) groups is 1. The molecule has 1 unspecified atom stereocenters. The van der Waals surface area contributed by atoms with E-state index in [4.69, 9.17) is 9.66 Å². The quantitative estimate of drug-likeness (QED) is 0.437. The molecule has 0 fully saturated rings. The van der Waals surface area contributed by atoms with E-state index < -0.39 is 21.2 Å². The first-order valence-electron chi connectivity index (χ1n) is 8.41. The Bertz CT molecular complexity index is 1130. The van der Waals surface area contributed by atoms with Gasteiger partial charge in [0.05, 0.1) is 15.4 Å². The summed E-state index contributed by atoms with van der Waals surface area (Å²) >= 11 is 1.00. The number of carbonyl (C=O) groups is 1. The van der Waals surface area contributed by atoms with Gasteiger partial charge in [-0.15, -0.1) is 0 Å². The van der Waals surface area contributed by atoms with Gasteiger partial charge in [0.2, 0.25) is 21.6 Å². The number of nitrogens with one attached hydrogen (secondary N) is 1. The van der Waals surface area contributed by atoms with Crippen molar-refractivity contribution >= 4 is 33.4 Å². The number of sulfonamides is 1. The molecule has 0 radical (unpaired) electrons. The molecule has 0 saturated carbocycles. The van der Waals surface area contributed by atoms with Gasteiger partial charge in [-0.05, 0) is 54.6 Å². The first-order chi connectivity index (χ1) is 13.6. The average molecular weight is 434 g/mol. The van der Waals surface area contributed by atoms with Crippen LogP contribution in [0.5, 0.6) is 5.95 Å². The standard InChI is InChI=1S/C18H18N4O5S2/c1-11-3-7-14(8-4-11)22-17(18(24)27-21-22)28-12(2)16(23)20-13-5-9-15(10-6-13)29(19,25)26/h3-10,12H,1-2H3,(H3-,19,20,21,23,24,25,26). The number of rotatable bonds is 6. The molecule has 9 nitrogen and oxygen atoms in total. The van der Waals surface area contributed by atoms with Crippen LogP contribution in [-0.2, 0) is 14.8 Å². The third-order valence-electron chi connectivity index (χ3n) is 3.96. The Balaban J connectivity index is 1.73. The van der Waals surface area contributed by atoms with E-state index >= 15 is 0 Å². The minimum absolute atomic E-state index is 0.0578. The Morgan fingerprint density at radius 2 is 1.83 bits per heavy atom. The zero-order valence-electron chi connectivity index (χ0n) is 15.5. The maximum atomic E-state index is 12.5. The molecule has 0 saturated heterocycles. The fourth-order valence-corrected chi connectivity index (χ4v) is 3.77. The lowest BCUT2D eigenvalue weighted by molar-refractivity contribution is -0.705. The molecule has 152 valence electrons. The van der Waals surface area contributed by atoms with Crippen molar-refractivity contribution in [2.24, 2.45) is 5.14 Å². The van der Waals surface area contributed by atoms with Gasteiger partial charge in [0.25, 0.3) is 5.03 Å². The molecular weight excluding hydrogens is 416 g/mol. The predicted octanol–water partition coefficient (Wildman–Crippen LogP) is 1.10. The second-order valence-electron chi connectivity index (χ2n) is 6.23. The lowest BCUT2D eigenvalue weighted by atomic mass is 10.2. The zero-order chi connectivity index (χ0) is 21.2. The van der Waals surface area contributed by atoms with Gasteiger partial charge in [0.15, 0.2) is 5.95 Å². The first-order valence-corrected chi connectivity index (χ1v) is 10.8. The van der Waals surface area contributed by atoms with Gasteiger partial charge in [-0.2, -0.15) is 0 Å². The maximum absolute atomic E-state index is 12.5. The minimum Gasteiger partial charge on any atom is -0.538 e. The van der Waals surface area contributed by atoms with Gasteiger partial charge < -0.3 is 14.9 Å². The third-order valence-corrected chi connectivity index (χ3v) is 6.02. The number of nitrogens with two attached hydrogens (primary N) is 1. The van der Waals surface area contributed by atoms with Gasteiger partial charge in [-0.25, -0.2) is 13.6 Å². The van der Waals surface area contributed by atoms with Gasteiger partial charge in [-0.3, -0.25) is 4.79 Å². The van der Waals surface area contributed by atoms with E-state index in [1.807, 2.05) is 19.1 Å². The summed E-state index contributed by atoms with van der Waals surface area (Å²) in [5, 5.41) is 23.0. The number of aryl methyl sites for hydroxylation is 1. The smallest absolute Gasteiger partial charge is 0.298 e. The third kappa shape index (κ3) is 4.94.